The highest BCUT2D eigenvalue weighted by Crippen LogP contribution is 2.25. The van der Waals surface area contributed by atoms with Crippen LogP contribution >= 0.6 is 0 Å². The molecule has 31 heavy (non-hydrogen) atoms. The number of hydrogen-bond donors (Lipinski definition) is 2. The molecule has 0 aliphatic rings. The Balaban J connectivity index is 1.47. The normalized spacial score (nSPS) is 11.5. The molecule has 2 N–H and O–H groups in total. The van der Waals surface area contributed by atoms with Gasteiger partial charge in [-0.1, -0.05) is 20.8 Å². The molecule has 0 radical (unpaired) electrons. The highest BCUT2D eigenvalue weighted by Gasteiger charge is 2.19. The number of amides is 2. The lowest BCUT2D eigenvalue weighted by Gasteiger charge is -2.13. The van der Waals surface area contributed by atoms with Crippen LogP contribution in [0.3, 0.4) is 0 Å². The number of anilines is 2. The summed E-state index contributed by atoms with van der Waals surface area (Å²) in [6.07, 6.45) is 1.77. The summed E-state index contributed by atoms with van der Waals surface area (Å²) in [6.45, 7) is 6.25. The number of nitrogens with one attached hydrogen (secondary N) is 2. The van der Waals surface area contributed by atoms with Gasteiger partial charge in [0.25, 0.3) is 0 Å². The standard InChI is InChI=1S/C23H26N6O2/c1-23(2,3)20-13-21(28(4)27-20)26-22(30)25-15-6-8-16(9-7-15)29-14-24-18-12-17(31-5)10-11-19(18)29/h6-14H,1-5H3,(H2,25,26,30). The van der Waals surface area contributed by atoms with Gasteiger partial charge in [-0.25, -0.2) is 9.78 Å². The number of fused-ring (bicyclic) bond motifs is 1. The molecule has 0 spiro atoms. The molecule has 8 nitrogen and oxygen atoms in total. The van der Waals surface area contributed by atoms with E-state index in [0.29, 0.717) is 11.5 Å². The van der Waals surface area contributed by atoms with Crippen LogP contribution in [0.4, 0.5) is 16.3 Å². The Kier molecular flexibility index (Phi) is 5.14. The second-order valence-corrected chi connectivity index (χ2v) is 8.38. The first-order valence-corrected chi connectivity index (χ1v) is 9.98. The van der Waals surface area contributed by atoms with Gasteiger partial charge in [-0.05, 0) is 36.4 Å². The second-order valence-electron chi connectivity index (χ2n) is 8.38. The maximum absolute atomic E-state index is 12.5. The number of rotatable bonds is 4. The zero-order chi connectivity index (χ0) is 22.2. The molecule has 0 bridgehead atoms. The van der Waals surface area contributed by atoms with E-state index in [-0.39, 0.29) is 11.4 Å². The van der Waals surface area contributed by atoms with Crippen molar-refractivity contribution in [1.82, 2.24) is 19.3 Å². The van der Waals surface area contributed by atoms with E-state index in [2.05, 4.69) is 41.5 Å². The highest BCUT2D eigenvalue weighted by atomic mass is 16.5. The average molecular weight is 419 g/mol. The zero-order valence-electron chi connectivity index (χ0n) is 18.3. The summed E-state index contributed by atoms with van der Waals surface area (Å²) < 4.78 is 8.91. The topological polar surface area (TPSA) is 86.0 Å². The molecule has 160 valence electrons. The number of aromatic nitrogens is 4. The Morgan fingerprint density at radius 2 is 1.77 bits per heavy atom. The van der Waals surface area contributed by atoms with Crippen molar-refractivity contribution in [3.8, 4) is 11.4 Å². The van der Waals surface area contributed by atoms with Gasteiger partial charge in [-0.15, -0.1) is 0 Å². The minimum atomic E-state index is -0.323. The fourth-order valence-electron chi connectivity index (χ4n) is 3.26. The van der Waals surface area contributed by atoms with Crippen LogP contribution in [0.5, 0.6) is 5.75 Å². The maximum Gasteiger partial charge on any atom is 0.324 e. The average Bonchev–Trinajstić information content (AvgIpc) is 3.31. The van der Waals surface area contributed by atoms with Gasteiger partial charge in [0, 0.05) is 36.0 Å². The number of nitrogens with zero attached hydrogens (tertiary/aromatic N) is 4. The van der Waals surface area contributed by atoms with Gasteiger partial charge in [0.05, 0.1) is 23.8 Å². The van der Waals surface area contributed by atoms with Crippen molar-refractivity contribution in [1.29, 1.82) is 0 Å². The zero-order valence-corrected chi connectivity index (χ0v) is 18.3. The molecule has 4 rings (SSSR count). The van der Waals surface area contributed by atoms with E-state index in [4.69, 9.17) is 4.74 Å². The van der Waals surface area contributed by atoms with Crippen LogP contribution in [-0.4, -0.2) is 32.5 Å². The largest absolute Gasteiger partial charge is 0.497 e. The van der Waals surface area contributed by atoms with Crippen LogP contribution in [0.15, 0.2) is 54.9 Å². The monoisotopic (exact) mass is 418 g/mol. The first-order valence-electron chi connectivity index (χ1n) is 9.98. The van der Waals surface area contributed by atoms with Crippen LogP contribution in [0.25, 0.3) is 16.7 Å². The van der Waals surface area contributed by atoms with Gasteiger partial charge in [0.2, 0.25) is 0 Å². The third kappa shape index (κ3) is 4.23. The Morgan fingerprint density at radius 3 is 2.42 bits per heavy atom. The van der Waals surface area contributed by atoms with E-state index in [1.165, 1.54) is 0 Å². The van der Waals surface area contributed by atoms with E-state index in [1.54, 1.807) is 18.1 Å². The molecule has 2 aromatic carbocycles. The highest BCUT2D eigenvalue weighted by molar-refractivity contribution is 5.99. The summed E-state index contributed by atoms with van der Waals surface area (Å²) in [5.74, 6) is 1.41. The molecule has 2 aromatic heterocycles. The summed E-state index contributed by atoms with van der Waals surface area (Å²) in [6, 6.07) is 14.9. The molecule has 0 aliphatic heterocycles. The van der Waals surface area contributed by atoms with Gasteiger partial charge in [0.15, 0.2) is 0 Å². The fourth-order valence-corrected chi connectivity index (χ4v) is 3.26. The number of aryl methyl sites for hydroxylation is 1. The van der Waals surface area contributed by atoms with Crippen LogP contribution in [0, 0.1) is 0 Å². The van der Waals surface area contributed by atoms with Crippen molar-refractivity contribution in [3.05, 3.63) is 60.6 Å². The number of carbonyl (C=O) groups excluding carboxylic acids is 1. The predicted molar refractivity (Wildman–Crippen MR) is 122 cm³/mol. The summed E-state index contributed by atoms with van der Waals surface area (Å²) >= 11 is 0. The lowest BCUT2D eigenvalue weighted by Crippen LogP contribution is -2.21. The van der Waals surface area contributed by atoms with Gasteiger partial charge in [0.1, 0.15) is 17.9 Å². The van der Waals surface area contributed by atoms with E-state index in [0.717, 1.165) is 28.2 Å². The van der Waals surface area contributed by atoms with Gasteiger partial charge in [-0.3, -0.25) is 14.6 Å². The van der Waals surface area contributed by atoms with Crippen LogP contribution in [0.1, 0.15) is 26.5 Å². The summed E-state index contributed by atoms with van der Waals surface area (Å²) in [5, 5.41) is 10.2. The quantitative estimate of drug-likeness (QED) is 0.503. The Hall–Kier alpha value is -3.81. The fraction of sp³-hybridized carbons (Fsp3) is 0.261. The van der Waals surface area contributed by atoms with E-state index in [9.17, 15) is 4.79 Å². The van der Waals surface area contributed by atoms with Crippen molar-refractivity contribution in [3.63, 3.8) is 0 Å². The van der Waals surface area contributed by atoms with Crippen molar-refractivity contribution in [2.75, 3.05) is 17.7 Å². The van der Waals surface area contributed by atoms with Crippen molar-refractivity contribution in [2.24, 2.45) is 7.05 Å². The lowest BCUT2D eigenvalue weighted by atomic mass is 9.92. The molecule has 2 amide bonds. The molecule has 0 aliphatic carbocycles. The van der Waals surface area contributed by atoms with Gasteiger partial charge >= 0.3 is 6.03 Å². The molecule has 0 saturated heterocycles. The number of ether oxygens (including phenoxy) is 1. The number of imidazole rings is 1. The van der Waals surface area contributed by atoms with Crippen LogP contribution in [0.2, 0.25) is 0 Å². The molecule has 0 unspecified atom stereocenters. The van der Waals surface area contributed by atoms with Crippen molar-refractivity contribution >= 4 is 28.6 Å². The van der Waals surface area contributed by atoms with E-state index >= 15 is 0 Å². The Morgan fingerprint density at radius 1 is 1.03 bits per heavy atom. The summed E-state index contributed by atoms with van der Waals surface area (Å²) in [5.41, 5.74) is 4.29. The Bertz CT molecular complexity index is 1230. The Labute approximate surface area is 180 Å². The van der Waals surface area contributed by atoms with Crippen molar-refractivity contribution < 1.29 is 9.53 Å². The SMILES string of the molecule is COc1ccc2c(c1)ncn2-c1ccc(NC(=O)Nc2cc(C(C)(C)C)nn2C)cc1. The minimum absolute atomic E-state index is 0.0907. The third-order valence-corrected chi connectivity index (χ3v) is 5.05. The molecule has 4 aromatic rings. The smallest absolute Gasteiger partial charge is 0.324 e. The van der Waals surface area contributed by atoms with E-state index in [1.807, 2.05) is 60.1 Å². The van der Waals surface area contributed by atoms with Gasteiger partial charge < -0.3 is 10.1 Å². The minimum Gasteiger partial charge on any atom is -0.497 e. The first-order chi connectivity index (χ1) is 14.7. The molecular weight excluding hydrogens is 392 g/mol. The molecule has 0 fully saturated rings. The summed E-state index contributed by atoms with van der Waals surface area (Å²) in [7, 11) is 3.45. The first kappa shape index (κ1) is 20.5. The number of methoxy groups -OCH3 is 1. The van der Waals surface area contributed by atoms with E-state index < -0.39 is 0 Å². The van der Waals surface area contributed by atoms with Crippen LogP contribution in [-0.2, 0) is 12.5 Å². The second kappa shape index (κ2) is 7.79. The molecule has 8 heteroatoms. The number of urea groups is 1. The number of carbonyl (C=O) groups is 1. The lowest BCUT2D eigenvalue weighted by molar-refractivity contribution is 0.262. The molecule has 0 atom stereocenters. The molecule has 0 saturated carbocycles. The van der Waals surface area contributed by atoms with Gasteiger partial charge in [-0.2, -0.15) is 5.10 Å². The number of hydrogen-bond acceptors (Lipinski definition) is 4. The third-order valence-electron chi connectivity index (χ3n) is 5.05. The van der Waals surface area contributed by atoms with Crippen molar-refractivity contribution in [2.45, 2.75) is 26.2 Å². The summed E-state index contributed by atoms with van der Waals surface area (Å²) in [4.78, 5) is 16.9. The molecule has 2 heterocycles. The maximum atomic E-state index is 12.5. The number of benzene rings is 2. The predicted octanol–water partition coefficient (Wildman–Crippen LogP) is 4.71. The molecular formula is C23H26N6O2. The van der Waals surface area contributed by atoms with Crippen LogP contribution < -0.4 is 15.4 Å².